The van der Waals surface area contributed by atoms with Crippen LogP contribution >= 0.6 is 17.0 Å². The number of benzene rings is 2. The average Bonchev–Trinajstić information content (AvgIpc) is 3.22. The SMILES string of the molecule is Cc1ccc(C2=Cc3c(cccc3-c3ccccc3)[CH]2)o1.[Cl][Zr][Cl]. The van der Waals surface area contributed by atoms with Crippen molar-refractivity contribution in [3.8, 4) is 11.1 Å². The number of allylic oxidation sites excluding steroid dienone is 1. The van der Waals surface area contributed by atoms with E-state index in [0.717, 1.165) is 17.1 Å². The van der Waals surface area contributed by atoms with Crippen molar-refractivity contribution in [2.24, 2.45) is 0 Å². The third-order valence-electron chi connectivity index (χ3n) is 3.86. The third kappa shape index (κ3) is 3.94. The van der Waals surface area contributed by atoms with Gasteiger partial charge in [-0.25, -0.2) is 0 Å². The maximum atomic E-state index is 5.74. The Morgan fingerprint density at radius 1 is 0.875 bits per heavy atom. The molecule has 1 nitrogen and oxygen atoms in total. The Bertz CT molecular complexity index is 853. The van der Waals surface area contributed by atoms with E-state index in [1.807, 2.05) is 25.1 Å². The Kier molecular flexibility index (Phi) is 6.16. The van der Waals surface area contributed by atoms with Gasteiger partial charge in [0.15, 0.2) is 0 Å². The van der Waals surface area contributed by atoms with Gasteiger partial charge in [0.1, 0.15) is 11.5 Å². The van der Waals surface area contributed by atoms with Crippen molar-refractivity contribution in [3.63, 3.8) is 0 Å². The molecule has 0 atom stereocenters. The van der Waals surface area contributed by atoms with Crippen molar-refractivity contribution in [1.29, 1.82) is 0 Å². The van der Waals surface area contributed by atoms with Crippen molar-refractivity contribution in [2.75, 3.05) is 0 Å². The molecule has 0 amide bonds. The van der Waals surface area contributed by atoms with Crippen LogP contribution in [0, 0.1) is 13.3 Å². The van der Waals surface area contributed by atoms with Crippen LogP contribution in [-0.4, -0.2) is 0 Å². The van der Waals surface area contributed by atoms with E-state index in [1.165, 1.54) is 22.3 Å². The summed E-state index contributed by atoms with van der Waals surface area (Å²) in [6.07, 6.45) is 4.41. The van der Waals surface area contributed by atoms with Gasteiger partial charge in [-0.2, -0.15) is 0 Å². The van der Waals surface area contributed by atoms with Gasteiger partial charge in [-0.3, -0.25) is 0 Å². The van der Waals surface area contributed by atoms with Crippen molar-refractivity contribution in [1.82, 2.24) is 0 Å². The first-order valence-electron chi connectivity index (χ1n) is 7.51. The molecule has 2 aromatic carbocycles. The molecule has 0 spiro atoms. The van der Waals surface area contributed by atoms with E-state index in [2.05, 4.69) is 55.0 Å². The Morgan fingerprint density at radius 3 is 2.29 bits per heavy atom. The fourth-order valence-electron chi connectivity index (χ4n) is 2.84. The van der Waals surface area contributed by atoms with Crippen molar-refractivity contribution in [3.05, 3.63) is 89.7 Å². The molecular formula is C20H15Cl2OZr. The molecule has 0 aliphatic heterocycles. The summed E-state index contributed by atoms with van der Waals surface area (Å²) in [5, 5.41) is 0. The second kappa shape index (κ2) is 8.34. The molecular weight excluding hydrogens is 418 g/mol. The van der Waals surface area contributed by atoms with E-state index in [9.17, 15) is 0 Å². The molecule has 1 heterocycles. The summed E-state index contributed by atoms with van der Waals surface area (Å²) in [4.78, 5) is 0. The number of fused-ring (bicyclic) bond motifs is 1. The molecule has 1 aliphatic carbocycles. The number of aryl methyl sites for hydroxylation is 1. The van der Waals surface area contributed by atoms with Gasteiger partial charge in [0.25, 0.3) is 0 Å². The van der Waals surface area contributed by atoms with E-state index < -0.39 is 20.8 Å². The van der Waals surface area contributed by atoms with Crippen LogP contribution in [0.3, 0.4) is 0 Å². The summed E-state index contributed by atoms with van der Waals surface area (Å²) < 4.78 is 5.74. The monoisotopic (exact) mass is 431 g/mol. The number of hydrogen-bond donors (Lipinski definition) is 0. The van der Waals surface area contributed by atoms with Crippen molar-refractivity contribution in [2.45, 2.75) is 6.92 Å². The summed E-state index contributed by atoms with van der Waals surface area (Å²) >= 11 is -0.826. The van der Waals surface area contributed by atoms with Crippen LogP contribution in [0.5, 0.6) is 0 Å². The molecule has 0 saturated heterocycles. The predicted octanol–water partition coefficient (Wildman–Crippen LogP) is 6.74. The second-order valence-corrected chi connectivity index (χ2v) is 9.13. The molecule has 0 bridgehead atoms. The number of furan rings is 1. The summed E-state index contributed by atoms with van der Waals surface area (Å²) in [6, 6.07) is 21.0. The van der Waals surface area contributed by atoms with Crippen LogP contribution in [-0.2, 0) is 20.8 Å². The van der Waals surface area contributed by atoms with Gasteiger partial charge >= 0.3 is 37.9 Å². The second-order valence-electron chi connectivity index (χ2n) is 5.40. The van der Waals surface area contributed by atoms with E-state index in [-0.39, 0.29) is 0 Å². The molecule has 1 radical (unpaired) electrons. The standard InChI is InChI=1S/C20H15O.2ClH.Zr/c1-14-10-11-20(21-14)17-12-16-8-5-9-18(19(16)13-17)15-6-3-2-4-7-15;;;/h2-13H,1H3;2*1H;/q;;;+2/p-2. The molecule has 4 rings (SSSR count). The zero-order chi connectivity index (χ0) is 16.9. The van der Waals surface area contributed by atoms with E-state index in [1.54, 1.807) is 0 Å². The summed E-state index contributed by atoms with van der Waals surface area (Å²) in [5.74, 6) is 1.88. The Balaban J connectivity index is 0.000000526. The van der Waals surface area contributed by atoms with E-state index in [4.69, 9.17) is 21.4 Å². The summed E-state index contributed by atoms with van der Waals surface area (Å²) in [7, 11) is 9.87. The Morgan fingerprint density at radius 2 is 1.62 bits per heavy atom. The van der Waals surface area contributed by atoms with Crippen LogP contribution < -0.4 is 0 Å². The average molecular weight is 433 g/mol. The molecule has 4 heteroatoms. The number of halogens is 2. The molecule has 0 N–H and O–H groups in total. The molecule has 24 heavy (non-hydrogen) atoms. The summed E-state index contributed by atoms with van der Waals surface area (Å²) in [5.41, 5.74) is 6.17. The van der Waals surface area contributed by atoms with Gasteiger partial charge < -0.3 is 4.42 Å². The first-order valence-corrected chi connectivity index (χ1v) is 13.8. The van der Waals surface area contributed by atoms with Crippen molar-refractivity contribution >= 4 is 28.7 Å². The number of rotatable bonds is 2. The third-order valence-corrected chi connectivity index (χ3v) is 3.86. The molecule has 0 fully saturated rings. The van der Waals surface area contributed by atoms with Gasteiger partial charge in [-0.1, -0.05) is 48.5 Å². The fraction of sp³-hybridized carbons (Fsp3) is 0.0500. The van der Waals surface area contributed by atoms with Crippen LogP contribution in [0.25, 0.3) is 22.8 Å². The van der Waals surface area contributed by atoms with Crippen molar-refractivity contribution < 1.29 is 25.3 Å². The molecule has 0 saturated carbocycles. The molecule has 0 unspecified atom stereocenters. The van der Waals surface area contributed by atoms with Gasteiger partial charge in [-0.15, -0.1) is 0 Å². The first kappa shape index (κ1) is 17.7. The summed E-state index contributed by atoms with van der Waals surface area (Å²) in [6.45, 7) is 1.97. The Labute approximate surface area is 161 Å². The molecule has 3 aromatic rings. The normalized spacial score (nSPS) is 12.0. The quantitative estimate of drug-likeness (QED) is 0.436. The zero-order valence-electron chi connectivity index (χ0n) is 13.1. The van der Waals surface area contributed by atoms with Gasteiger partial charge in [0, 0.05) is 12.0 Å². The maximum absolute atomic E-state index is 5.74. The van der Waals surface area contributed by atoms with Gasteiger partial charge in [0.05, 0.1) is 0 Å². The van der Waals surface area contributed by atoms with E-state index in [0.29, 0.717) is 0 Å². The van der Waals surface area contributed by atoms with Gasteiger partial charge in [0.2, 0.25) is 0 Å². The number of hydrogen-bond acceptors (Lipinski definition) is 1. The predicted molar refractivity (Wildman–Crippen MR) is 98.3 cm³/mol. The van der Waals surface area contributed by atoms with Crippen LogP contribution in [0.1, 0.15) is 22.6 Å². The topological polar surface area (TPSA) is 13.1 Å². The fourth-order valence-corrected chi connectivity index (χ4v) is 2.84. The zero-order valence-corrected chi connectivity index (χ0v) is 17.1. The van der Waals surface area contributed by atoms with Gasteiger partial charge in [-0.05, 0) is 47.4 Å². The minimum absolute atomic E-state index is 0.826. The minimum atomic E-state index is -0.826. The molecule has 119 valence electrons. The van der Waals surface area contributed by atoms with Crippen LogP contribution in [0.15, 0.2) is 65.1 Å². The molecule has 1 aliphatic rings. The van der Waals surface area contributed by atoms with Crippen LogP contribution in [0.4, 0.5) is 0 Å². The van der Waals surface area contributed by atoms with E-state index >= 15 is 0 Å². The van der Waals surface area contributed by atoms with Crippen LogP contribution in [0.2, 0.25) is 0 Å². The first-order chi connectivity index (χ1) is 11.7. The molecule has 1 aromatic heterocycles. The Hall–Kier alpha value is -1.08.